The normalized spacial score (nSPS) is 11.1. The quantitative estimate of drug-likeness (QED) is 0.731. The lowest BCUT2D eigenvalue weighted by molar-refractivity contribution is 0.735. The summed E-state index contributed by atoms with van der Waals surface area (Å²) in [4.78, 5) is 17.6. The summed E-state index contributed by atoms with van der Waals surface area (Å²) in [6, 6.07) is 10.1. The molecule has 1 aromatic carbocycles. The monoisotopic (exact) mass is 302 g/mol. The molecule has 0 fully saturated rings. The summed E-state index contributed by atoms with van der Waals surface area (Å²) in [5.41, 5.74) is 2.26. The maximum Gasteiger partial charge on any atom is 0.263 e. The molecular weight excluding hydrogens is 288 g/mol. The molecule has 0 aliphatic rings. The minimum Gasteiger partial charge on any atom is -0.323 e. The Morgan fingerprint density at radius 2 is 1.95 bits per heavy atom. The summed E-state index contributed by atoms with van der Waals surface area (Å²) in [7, 11) is 0. The van der Waals surface area contributed by atoms with Crippen LogP contribution in [0.25, 0.3) is 10.2 Å². The molecule has 0 aliphatic carbocycles. The molecule has 3 nitrogen and oxygen atoms in total. The zero-order chi connectivity index (χ0) is 14.3. The van der Waals surface area contributed by atoms with Crippen LogP contribution in [-0.4, -0.2) is 9.55 Å². The van der Waals surface area contributed by atoms with Crippen molar-refractivity contribution in [3.63, 3.8) is 0 Å². The van der Waals surface area contributed by atoms with Crippen molar-refractivity contribution in [2.24, 2.45) is 0 Å². The Morgan fingerprint density at radius 1 is 1.25 bits per heavy atom. The van der Waals surface area contributed by atoms with Crippen LogP contribution in [0.2, 0.25) is 0 Å². The van der Waals surface area contributed by atoms with Crippen molar-refractivity contribution in [1.29, 1.82) is 0 Å². The van der Waals surface area contributed by atoms with Crippen LogP contribution in [0.1, 0.15) is 16.0 Å². The summed E-state index contributed by atoms with van der Waals surface area (Å²) in [6.07, 6.45) is 0. The second kappa shape index (κ2) is 5.00. The van der Waals surface area contributed by atoms with Gasteiger partial charge in [-0.05, 0) is 37.7 Å². The third kappa shape index (κ3) is 2.34. The molecule has 1 N–H and O–H groups in total. The lowest BCUT2D eigenvalue weighted by atomic mass is 10.1. The van der Waals surface area contributed by atoms with E-state index in [1.165, 1.54) is 5.56 Å². The highest BCUT2D eigenvalue weighted by molar-refractivity contribution is 7.71. The molecule has 0 aliphatic heterocycles. The van der Waals surface area contributed by atoms with Gasteiger partial charge < -0.3 is 4.98 Å². The largest absolute Gasteiger partial charge is 0.323 e. The van der Waals surface area contributed by atoms with Gasteiger partial charge in [0.2, 0.25) is 0 Å². The van der Waals surface area contributed by atoms with Gasteiger partial charge in [-0.2, -0.15) is 0 Å². The fraction of sp³-hybridized carbons (Fsp3) is 0.200. The van der Waals surface area contributed by atoms with Gasteiger partial charge in [0.1, 0.15) is 4.83 Å². The molecule has 0 spiro atoms. The summed E-state index contributed by atoms with van der Waals surface area (Å²) < 4.78 is 2.10. The molecule has 0 unspecified atom stereocenters. The van der Waals surface area contributed by atoms with Gasteiger partial charge in [0.05, 0.1) is 11.9 Å². The highest BCUT2D eigenvalue weighted by Gasteiger charge is 2.08. The average molecular weight is 302 g/mol. The Balaban J connectivity index is 2.13. The Hall–Kier alpha value is -1.72. The third-order valence-corrected chi connectivity index (χ3v) is 4.55. The van der Waals surface area contributed by atoms with Crippen LogP contribution < -0.4 is 5.56 Å². The molecule has 5 heteroatoms. The van der Waals surface area contributed by atoms with Crippen LogP contribution in [0, 0.1) is 18.6 Å². The van der Waals surface area contributed by atoms with Crippen molar-refractivity contribution in [2.45, 2.75) is 20.4 Å². The SMILES string of the molecule is Cc1ccc(Cn2c(=S)[nH]c3sc(C)cc3c2=O)cc1. The number of thiophene rings is 1. The minimum atomic E-state index is -0.0197. The number of H-pyrrole nitrogens is 1. The standard InChI is InChI=1S/C15H14N2OS2/c1-9-3-5-11(6-4-9)8-17-14(18)12-7-10(2)20-13(12)16-15(17)19/h3-7H,8H2,1-2H3,(H,16,19). The summed E-state index contributed by atoms with van der Waals surface area (Å²) in [5.74, 6) is 0. The second-order valence-electron chi connectivity index (χ2n) is 4.91. The van der Waals surface area contributed by atoms with Crippen molar-refractivity contribution in [3.05, 3.63) is 61.5 Å². The molecule has 0 atom stereocenters. The van der Waals surface area contributed by atoms with Crippen LogP contribution in [0.4, 0.5) is 0 Å². The molecule has 2 heterocycles. The molecular formula is C15H14N2OS2. The molecule has 0 radical (unpaired) electrons. The fourth-order valence-electron chi connectivity index (χ4n) is 2.19. The first kappa shape index (κ1) is 13.3. The number of nitrogens with one attached hydrogen (secondary N) is 1. The number of hydrogen-bond donors (Lipinski definition) is 1. The van der Waals surface area contributed by atoms with Crippen LogP contribution in [0.5, 0.6) is 0 Å². The van der Waals surface area contributed by atoms with E-state index < -0.39 is 0 Å². The number of aromatic nitrogens is 2. The Bertz CT molecular complexity index is 885. The Labute approximate surface area is 125 Å². The molecule has 20 heavy (non-hydrogen) atoms. The smallest absolute Gasteiger partial charge is 0.263 e. The lowest BCUT2D eigenvalue weighted by Crippen LogP contribution is -2.22. The van der Waals surface area contributed by atoms with E-state index in [9.17, 15) is 4.79 Å². The first-order valence-electron chi connectivity index (χ1n) is 6.33. The van der Waals surface area contributed by atoms with Crippen molar-refractivity contribution >= 4 is 33.8 Å². The van der Waals surface area contributed by atoms with Crippen LogP contribution in [0.3, 0.4) is 0 Å². The number of aryl methyl sites for hydroxylation is 2. The predicted octanol–water partition coefficient (Wildman–Crippen LogP) is 3.79. The first-order chi connectivity index (χ1) is 9.54. The summed E-state index contributed by atoms with van der Waals surface area (Å²) in [6.45, 7) is 4.53. The van der Waals surface area contributed by atoms with E-state index in [4.69, 9.17) is 12.2 Å². The van der Waals surface area contributed by atoms with Gasteiger partial charge in [-0.15, -0.1) is 11.3 Å². The van der Waals surface area contributed by atoms with Gasteiger partial charge in [-0.25, -0.2) is 0 Å². The van der Waals surface area contributed by atoms with Crippen molar-refractivity contribution in [3.8, 4) is 0 Å². The predicted molar refractivity (Wildman–Crippen MR) is 86.3 cm³/mol. The zero-order valence-electron chi connectivity index (χ0n) is 11.3. The van der Waals surface area contributed by atoms with E-state index in [2.05, 4.69) is 4.98 Å². The van der Waals surface area contributed by atoms with E-state index in [-0.39, 0.29) is 5.56 Å². The minimum absolute atomic E-state index is 0.0197. The van der Waals surface area contributed by atoms with Crippen molar-refractivity contribution < 1.29 is 0 Å². The van der Waals surface area contributed by atoms with Crippen molar-refractivity contribution in [1.82, 2.24) is 9.55 Å². The Kier molecular flexibility index (Phi) is 3.31. The number of aromatic amines is 1. The topological polar surface area (TPSA) is 37.8 Å². The van der Waals surface area contributed by atoms with Crippen LogP contribution in [0.15, 0.2) is 35.1 Å². The fourth-order valence-corrected chi connectivity index (χ4v) is 3.40. The number of fused-ring (bicyclic) bond motifs is 1. The van der Waals surface area contributed by atoms with E-state index in [0.29, 0.717) is 16.7 Å². The van der Waals surface area contributed by atoms with Gasteiger partial charge >= 0.3 is 0 Å². The lowest BCUT2D eigenvalue weighted by Gasteiger charge is -2.06. The molecule has 0 saturated carbocycles. The number of benzene rings is 1. The Morgan fingerprint density at radius 3 is 2.65 bits per heavy atom. The molecule has 0 bridgehead atoms. The maximum atomic E-state index is 12.5. The third-order valence-electron chi connectivity index (χ3n) is 3.26. The van der Waals surface area contributed by atoms with Gasteiger partial charge in [-0.3, -0.25) is 9.36 Å². The zero-order valence-corrected chi connectivity index (χ0v) is 12.9. The maximum absolute atomic E-state index is 12.5. The highest BCUT2D eigenvalue weighted by atomic mass is 32.1. The van der Waals surface area contributed by atoms with Gasteiger partial charge in [0.15, 0.2) is 4.77 Å². The highest BCUT2D eigenvalue weighted by Crippen LogP contribution is 2.20. The van der Waals surface area contributed by atoms with E-state index >= 15 is 0 Å². The molecule has 0 saturated heterocycles. The average Bonchev–Trinajstić information content (AvgIpc) is 2.77. The van der Waals surface area contributed by atoms with Gasteiger partial charge in [-0.1, -0.05) is 29.8 Å². The van der Waals surface area contributed by atoms with Crippen LogP contribution >= 0.6 is 23.6 Å². The molecule has 3 aromatic rings. The molecule has 0 amide bonds. The molecule has 2 aromatic heterocycles. The summed E-state index contributed by atoms with van der Waals surface area (Å²) in [5, 5.41) is 0.716. The first-order valence-corrected chi connectivity index (χ1v) is 7.56. The molecule has 102 valence electrons. The molecule has 3 rings (SSSR count). The van der Waals surface area contributed by atoms with Gasteiger partial charge in [0, 0.05) is 4.88 Å². The van der Waals surface area contributed by atoms with Crippen LogP contribution in [-0.2, 0) is 6.54 Å². The van der Waals surface area contributed by atoms with E-state index in [0.717, 1.165) is 15.3 Å². The number of hydrogen-bond acceptors (Lipinski definition) is 3. The van der Waals surface area contributed by atoms with E-state index in [1.807, 2.05) is 44.2 Å². The van der Waals surface area contributed by atoms with Gasteiger partial charge in [0.25, 0.3) is 5.56 Å². The number of rotatable bonds is 2. The summed E-state index contributed by atoms with van der Waals surface area (Å²) >= 11 is 6.88. The second-order valence-corrected chi connectivity index (χ2v) is 6.55. The number of nitrogens with zero attached hydrogens (tertiary/aromatic N) is 1. The van der Waals surface area contributed by atoms with E-state index in [1.54, 1.807) is 15.9 Å². The van der Waals surface area contributed by atoms with Crippen molar-refractivity contribution in [2.75, 3.05) is 0 Å².